The van der Waals surface area contributed by atoms with E-state index in [1.54, 1.807) is 0 Å². The molecule has 0 spiro atoms. The van der Waals surface area contributed by atoms with Crippen molar-refractivity contribution in [2.24, 2.45) is 0 Å². The van der Waals surface area contributed by atoms with Gasteiger partial charge in [0.15, 0.2) is 0 Å². The summed E-state index contributed by atoms with van der Waals surface area (Å²) >= 11 is 4.55. The zero-order chi connectivity index (χ0) is 7.49. The van der Waals surface area contributed by atoms with Crippen molar-refractivity contribution in [1.82, 2.24) is 0 Å². The first-order valence-corrected chi connectivity index (χ1v) is 6.99. The fourth-order valence-corrected chi connectivity index (χ4v) is 4.23. The molecule has 0 fully saturated rings. The maximum Gasteiger partial charge on any atom is 0.307 e. The zero-order valence-electron chi connectivity index (χ0n) is 5.44. The van der Waals surface area contributed by atoms with Crippen molar-refractivity contribution in [2.45, 2.75) is 25.5 Å². The Balaban J connectivity index is 3.60. The van der Waals surface area contributed by atoms with E-state index in [-0.39, 0.29) is 5.25 Å². The van der Waals surface area contributed by atoms with E-state index in [4.69, 9.17) is 4.89 Å². The van der Waals surface area contributed by atoms with E-state index in [0.717, 1.165) is 17.8 Å². The van der Waals surface area contributed by atoms with Crippen molar-refractivity contribution in [2.75, 3.05) is 0 Å². The van der Waals surface area contributed by atoms with Gasteiger partial charge in [0.05, 0.1) is 0 Å². The molecule has 0 aromatic carbocycles. The summed E-state index contributed by atoms with van der Waals surface area (Å²) in [4.78, 5) is 8.70. The Morgan fingerprint density at radius 2 is 2.33 bits per heavy atom. The fraction of sp³-hybridized carbons (Fsp3) is 1.00. The molecular formula is C4H11O2PS2. The fourth-order valence-electron chi connectivity index (χ4n) is 0.309. The topological polar surface area (TPSA) is 37.3 Å². The van der Waals surface area contributed by atoms with Crippen molar-refractivity contribution in [3.05, 3.63) is 0 Å². The molecule has 2 nitrogen and oxygen atoms in total. The molecule has 0 aromatic rings. The summed E-state index contributed by atoms with van der Waals surface area (Å²) in [6.45, 7) is 3.88. The lowest BCUT2D eigenvalue weighted by molar-refractivity contribution is 0.514. The van der Waals surface area contributed by atoms with Crippen LogP contribution in [-0.4, -0.2) is 10.1 Å². The second kappa shape index (κ2) is 3.91. The van der Waals surface area contributed by atoms with Gasteiger partial charge in [0, 0.05) is 5.25 Å². The van der Waals surface area contributed by atoms with Crippen LogP contribution in [0.1, 0.15) is 20.3 Å². The van der Waals surface area contributed by atoms with Crippen LogP contribution in [0.4, 0.5) is 0 Å². The van der Waals surface area contributed by atoms with E-state index in [2.05, 4.69) is 12.2 Å². The molecule has 0 saturated heterocycles. The van der Waals surface area contributed by atoms with Crippen LogP contribution in [0, 0.1) is 0 Å². The maximum atomic E-state index is 10.6. The normalized spacial score (nSPS) is 20.9. The molecule has 56 valence electrons. The summed E-state index contributed by atoms with van der Waals surface area (Å²) in [6.07, 6.45) is 0.899. The molecule has 0 amide bonds. The van der Waals surface area contributed by atoms with Crippen LogP contribution < -0.4 is 0 Å². The lowest BCUT2D eigenvalue weighted by Gasteiger charge is -2.08. The molecule has 9 heavy (non-hydrogen) atoms. The van der Waals surface area contributed by atoms with Crippen LogP contribution in [0.25, 0.3) is 0 Å². The summed E-state index contributed by atoms with van der Waals surface area (Å²) in [7, 11) is 0. The minimum absolute atomic E-state index is 0.221. The molecule has 1 N–H and O–H groups in total. The molecule has 2 unspecified atom stereocenters. The summed E-state index contributed by atoms with van der Waals surface area (Å²) in [5, 5.41) is 0.221. The largest absolute Gasteiger partial charge is 0.329 e. The summed E-state index contributed by atoms with van der Waals surface area (Å²) in [6, 6.07) is 0. The molecule has 0 saturated carbocycles. The van der Waals surface area contributed by atoms with Gasteiger partial charge in [0.1, 0.15) is 0 Å². The van der Waals surface area contributed by atoms with Crippen molar-refractivity contribution in [1.29, 1.82) is 0 Å². The molecule has 0 rings (SSSR count). The Labute approximate surface area is 64.8 Å². The van der Waals surface area contributed by atoms with Gasteiger partial charge < -0.3 is 4.89 Å². The highest BCUT2D eigenvalue weighted by atomic mass is 33.1. The average molecular weight is 186 g/mol. The Morgan fingerprint density at radius 1 is 1.89 bits per heavy atom. The third kappa shape index (κ3) is 6.78. The smallest absolute Gasteiger partial charge is 0.307 e. The monoisotopic (exact) mass is 186 g/mol. The highest BCUT2D eigenvalue weighted by Gasteiger charge is 2.15. The van der Waals surface area contributed by atoms with Crippen LogP contribution in [0.3, 0.4) is 0 Å². The molecule has 0 aliphatic heterocycles. The lowest BCUT2D eigenvalue weighted by atomic mass is 10.4. The summed E-state index contributed by atoms with van der Waals surface area (Å²) < 4.78 is 10.6. The second-order valence-electron chi connectivity index (χ2n) is 1.81. The summed E-state index contributed by atoms with van der Waals surface area (Å²) in [5.41, 5.74) is 0. The minimum atomic E-state index is -3.13. The van der Waals surface area contributed by atoms with Crippen LogP contribution in [0.2, 0.25) is 0 Å². The highest BCUT2D eigenvalue weighted by molar-refractivity contribution is 8.84. The van der Waals surface area contributed by atoms with E-state index in [1.807, 2.05) is 13.8 Å². The third-order valence-electron chi connectivity index (χ3n) is 0.892. The average Bonchev–Trinajstić information content (AvgIpc) is 1.62. The van der Waals surface area contributed by atoms with E-state index in [9.17, 15) is 4.57 Å². The first-order chi connectivity index (χ1) is 3.95. The van der Waals surface area contributed by atoms with Gasteiger partial charge in [-0.25, -0.2) is 0 Å². The molecule has 0 aliphatic carbocycles. The molecule has 2 atom stereocenters. The van der Waals surface area contributed by atoms with Crippen LogP contribution >= 0.6 is 29.4 Å². The Bertz CT molecular complexity index is 122. The molecule has 0 aliphatic rings. The summed E-state index contributed by atoms with van der Waals surface area (Å²) in [5.74, 6) is -3.13. The number of rotatable bonds is 3. The van der Waals surface area contributed by atoms with Gasteiger partial charge in [-0.3, -0.25) is 4.57 Å². The lowest BCUT2D eigenvalue weighted by Crippen LogP contribution is -1.89. The quantitative estimate of drug-likeness (QED) is 0.525. The van der Waals surface area contributed by atoms with Gasteiger partial charge in [-0.15, -0.1) is 0 Å². The molecule has 0 aromatic heterocycles. The van der Waals surface area contributed by atoms with Gasteiger partial charge in [-0.1, -0.05) is 37.5 Å². The molecule has 0 radical (unpaired) electrons. The Morgan fingerprint density at radius 3 is 2.44 bits per heavy atom. The Kier molecular flexibility index (Phi) is 4.30. The van der Waals surface area contributed by atoms with Gasteiger partial charge in [0.25, 0.3) is 0 Å². The van der Waals surface area contributed by atoms with Crippen LogP contribution in [0.5, 0.6) is 0 Å². The van der Waals surface area contributed by atoms with Crippen molar-refractivity contribution >= 4 is 29.4 Å². The van der Waals surface area contributed by atoms with E-state index in [1.165, 1.54) is 0 Å². The van der Waals surface area contributed by atoms with E-state index in [0.29, 0.717) is 0 Å². The Hall–Kier alpha value is 0.890. The standard InChI is InChI=1S/C4H11O2PS2/c1-3-4(2)9-7(5,6)8/h4H,3H2,1-2H3,(H2,5,6,8). The molecule has 0 bridgehead atoms. The first-order valence-electron chi connectivity index (χ1n) is 2.69. The zero-order valence-corrected chi connectivity index (χ0v) is 8.05. The predicted octanol–water partition coefficient (Wildman–Crippen LogP) is 2.55. The molecule has 5 heteroatoms. The molecule has 0 heterocycles. The SMILES string of the molecule is CCC(C)SP(=O)(O)S. The van der Waals surface area contributed by atoms with Gasteiger partial charge >= 0.3 is 5.77 Å². The third-order valence-corrected chi connectivity index (χ3v) is 4.61. The maximum absolute atomic E-state index is 10.6. The van der Waals surface area contributed by atoms with Crippen molar-refractivity contribution < 1.29 is 9.46 Å². The van der Waals surface area contributed by atoms with Gasteiger partial charge in [-0.05, 0) is 6.42 Å². The number of thiol groups is 1. The second-order valence-corrected chi connectivity index (χ2v) is 8.37. The van der Waals surface area contributed by atoms with Crippen LogP contribution in [0.15, 0.2) is 0 Å². The first kappa shape index (κ1) is 9.89. The minimum Gasteiger partial charge on any atom is -0.329 e. The highest BCUT2D eigenvalue weighted by Crippen LogP contribution is 2.60. The van der Waals surface area contributed by atoms with Gasteiger partial charge in [0.2, 0.25) is 0 Å². The predicted molar refractivity (Wildman–Crippen MR) is 46.2 cm³/mol. The number of hydrogen-bond donors (Lipinski definition) is 2. The van der Waals surface area contributed by atoms with E-state index < -0.39 is 5.77 Å². The van der Waals surface area contributed by atoms with E-state index >= 15 is 0 Å². The van der Waals surface area contributed by atoms with Crippen molar-refractivity contribution in [3.63, 3.8) is 0 Å². The van der Waals surface area contributed by atoms with Crippen molar-refractivity contribution in [3.8, 4) is 0 Å². The number of hydrogen-bond acceptors (Lipinski definition) is 2. The molecular weight excluding hydrogens is 175 g/mol. The van der Waals surface area contributed by atoms with Gasteiger partial charge in [-0.2, -0.15) is 0 Å². The van der Waals surface area contributed by atoms with Crippen LogP contribution in [-0.2, 0) is 4.57 Å².